The smallest absolute Gasteiger partial charge is 0.0535 e. The van der Waals surface area contributed by atoms with E-state index >= 15 is 0 Å². The van der Waals surface area contributed by atoms with Crippen LogP contribution in [0.3, 0.4) is 0 Å². The molecule has 0 spiro atoms. The average Bonchev–Trinajstić information content (AvgIpc) is 2.82. The quantitative estimate of drug-likeness (QED) is 0.601. The predicted octanol–water partition coefficient (Wildman–Crippen LogP) is 5.96. The number of hydrogen-bond acceptors (Lipinski definition) is 0. The monoisotopic (exact) mass is 301 g/mol. The van der Waals surface area contributed by atoms with E-state index in [2.05, 4.69) is 18.0 Å². The highest BCUT2D eigenvalue weighted by atomic mass is 35.5. The summed E-state index contributed by atoms with van der Waals surface area (Å²) in [5.41, 5.74) is 5.65. The van der Waals surface area contributed by atoms with Gasteiger partial charge in [0.25, 0.3) is 0 Å². The van der Waals surface area contributed by atoms with E-state index in [4.69, 9.17) is 23.2 Å². The molecule has 0 bridgehead atoms. The lowest BCUT2D eigenvalue weighted by molar-refractivity contribution is 1.27. The molecule has 0 fully saturated rings. The van der Waals surface area contributed by atoms with Crippen molar-refractivity contribution in [1.29, 1.82) is 0 Å². The summed E-state index contributed by atoms with van der Waals surface area (Å²) < 4.78 is 0. The number of H-pyrrole nitrogens is 1. The zero-order valence-corrected chi connectivity index (χ0v) is 12.5. The Balaban J connectivity index is 2.12. The van der Waals surface area contributed by atoms with E-state index in [1.165, 1.54) is 5.56 Å². The normalized spacial score (nSPS) is 10.8. The van der Waals surface area contributed by atoms with Gasteiger partial charge in [0, 0.05) is 21.3 Å². The third-order valence-electron chi connectivity index (χ3n) is 3.24. The molecule has 3 heteroatoms. The van der Waals surface area contributed by atoms with Crippen molar-refractivity contribution in [1.82, 2.24) is 4.98 Å². The lowest BCUT2D eigenvalue weighted by Crippen LogP contribution is -1.82. The van der Waals surface area contributed by atoms with E-state index in [1.54, 1.807) is 0 Å². The molecule has 0 aliphatic carbocycles. The van der Waals surface area contributed by atoms with Crippen LogP contribution in [0.1, 0.15) is 5.69 Å². The minimum absolute atomic E-state index is 0.741. The Morgan fingerprint density at radius 2 is 1.25 bits per heavy atom. The van der Waals surface area contributed by atoms with Crippen molar-refractivity contribution in [3.8, 4) is 22.4 Å². The Morgan fingerprint density at radius 3 is 1.80 bits per heavy atom. The summed E-state index contributed by atoms with van der Waals surface area (Å²) in [6.07, 6.45) is 0. The molecule has 0 amide bonds. The molecule has 0 unspecified atom stereocenters. The summed E-state index contributed by atoms with van der Waals surface area (Å²) in [5, 5.41) is 1.49. The molecule has 20 heavy (non-hydrogen) atoms. The highest BCUT2D eigenvalue weighted by Gasteiger charge is 2.10. The number of benzene rings is 2. The van der Waals surface area contributed by atoms with Crippen LogP contribution in [0.25, 0.3) is 22.4 Å². The van der Waals surface area contributed by atoms with Gasteiger partial charge in [0.1, 0.15) is 0 Å². The minimum atomic E-state index is 0.741. The lowest BCUT2D eigenvalue weighted by atomic mass is 10.0. The molecule has 3 rings (SSSR count). The van der Waals surface area contributed by atoms with Crippen molar-refractivity contribution in [2.75, 3.05) is 0 Å². The number of aromatic amines is 1. The first-order valence-corrected chi connectivity index (χ1v) is 7.10. The van der Waals surface area contributed by atoms with Crippen molar-refractivity contribution >= 4 is 23.2 Å². The van der Waals surface area contributed by atoms with Crippen LogP contribution in [0.2, 0.25) is 10.0 Å². The fourth-order valence-electron chi connectivity index (χ4n) is 2.29. The molecular weight excluding hydrogens is 289 g/mol. The maximum atomic E-state index is 5.96. The van der Waals surface area contributed by atoms with E-state index in [1.807, 2.05) is 48.5 Å². The van der Waals surface area contributed by atoms with Gasteiger partial charge in [-0.2, -0.15) is 0 Å². The number of aromatic nitrogens is 1. The van der Waals surface area contributed by atoms with Gasteiger partial charge in [-0.15, -0.1) is 0 Å². The topological polar surface area (TPSA) is 15.8 Å². The van der Waals surface area contributed by atoms with Gasteiger partial charge in [0.2, 0.25) is 0 Å². The highest BCUT2D eigenvalue weighted by Crippen LogP contribution is 2.33. The molecule has 0 aliphatic heterocycles. The average molecular weight is 302 g/mol. The van der Waals surface area contributed by atoms with Gasteiger partial charge in [-0.3, -0.25) is 0 Å². The zero-order chi connectivity index (χ0) is 14.1. The molecule has 0 radical (unpaired) electrons. The van der Waals surface area contributed by atoms with Gasteiger partial charge in [0.15, 0.2) is 0 Å². The van der Waals surface area contributed by atoms with Gasteiger partial charge >= 0.3 is 0 Å². The Labute approximate surface area is 128 Å². The molecule has 100 valence electrons. The lowest BCUT2D eigenvalue weighted by Gasteiger charge is -2.05. The van der Waals surface area contributed by atoms with Crippen molar-refractivity contribution in [3.63, 3.8) is 0 Å². The van der Waals surface area contributed by atoms with Crippen LogP contribution >= 0.6 is 23.2 Å². The van der Waals surface area contributed by atoms with Crippen LogP contribution < -0.4 is 0 Å². The zero-order valence-electron chi connectivity index (χ0n) is 11.0. The van der Waals surface area contributed by atoms with Crippen molar-refractivity contribution in [2.45, 2.75) is 6.92 Å². The van der Waals surface area contributed by atoms with Gasteiger partial charge in [-0.1, -0.05) is 47.5 Å². The first-order chi connectivity index (χ1) is 9.63. The molecular formula is C17H13Cl2N. The molecule has 3 aromatic rings. The summed E-state index contributed by atoms with van der Waals surface area (Å²) in [5.74, 6) is 0. The number of hydrogen-bond donors (Lipinski definition) is 1. The van der Waals surface area contributed by atoms with Crippen LogP contribution in [0.15, 0.2) is 54.6 Å². The third kappa shape index (κ3) is 2.60. The molecule has 0 saturated heterocycles. The summed E-state index contributed by atoms with van der Waals surface area (Å²) >= 11 is 11.9. The van der Waals surface area contributed by atoms with E-state index < -0.39 is 0 Å². The standard InChI is InChI=1S/C17H13Cl2N/c1-11-10-16(12-2-6-14(18)7-3-12)17(20-11)13-4-8-15(19)9-5-13/h2-10,20H,1H3. The number of nitrogens with one attached hydrogen (secondary N) is 1. The first kappa shape index (κ1) is 13.3. The molecule has 0 atom stereocenters. The van der Waals surface area contributed by atoms with Crippen molar-refractivity contribution < 1.29 is 0 Å². The summed E-state index contributed by atoms with van der Waals surface area (Å²) in [7, 11) is 0. The fourth-order valence-corrected chi connectivity index (χ4v) is 2.54. The number of rotatable bonds is 2. The van der Waals surface area contributed by atoms with Crippen LogP contribution in [-0.4, -0.2) is 4.98 Å². The van der Waals surface area contributed by atoms with Gasteiger partial charge in [-0.05, 0) is 48.4 Å². The number of halogens is 2. The molecule has 0 aliphatic rings. The second kappa shape index (κ2) is 5.35. The third-order valence-corrected chi connectivity index (χ3v) is 3.74. The number of aryl methyl sites for hydroxylation is 1. The second-order valence-electron chi connectivity index (χ2n) is 4.75. The maximum absolute atomic E-state index is 5.96. The van der Waals surface area contributed by atoms with Crippen LogP contribution in [-0.2, 0) is 0 Å². The largest absolute Gasteiger partial charge is 0.358 e. The first-order valence-electron chi connectivity index (χ1n) is 6.35. The molecule has 2 aromatic carbocycles. The van der Waals surface area contributed by atoms with E-state index in [-0.39, 0.29) is 0 Å². The van der Waals surface area contributed by atoms with Crippen molar-refractivity contribution in [2.24, 2.45) is 0 Å². The molecule has 1 N–H and O–H groups in total. The Morgan fingerprint density at radius 1 is 0.750 bits per heavy atom. The predicted molar refractivity (Wildman–Crippen MR) is 86.4 cm³/mol. The molecule has 1 nitrogen and oxygen atoms in total. The van der Waals surface area contributed by atoms with Crippen molar-refractivity contribution in [3.05, 3.63) is 70.3 Å². The van der Waals surface area contributed by atoms with Crippen LogP contribution in [0, 0.1) is 6.92 Å². The van der Waals surface area contributed by atoms with Crippen LogP contribution in [0.4, 0.5) is 0 Å². The summed E-state index contributed by atoms with van der Waals surface area (Å²) in [4.78, 5) is 3.42. The van der Waals surface area contributed by atoms with E-state index in [0.717, 1.165) is 32.6 Å². The summed E-state index contributed by atoms with van der Waals surface area (Å²) in [6.45, 7) is 2.05. The molecule has 1 heterocycles. The Hall–Kier alpha value is -1.70. The Kier molecular flexibility index (Phi) is 3.56. The fraction of sp³-hybridized carbons (Fsp3) is 0.0588. The Bertz CT molecular complexity index is 662. The van der Waals surface area contributed by atoms with E-state index in [0.29, 0.717) is 0 Å². The minimum Gasteiger partial charge on any atom is -0.358 e. The van der Waals surface area contributed by atoms with Gasteiger partial charge in [0.05, 0.1) is 5.69 Å². The van der Waals surface area contributed by atoms with Gasteiger partial charge < -0.3 is 4.98 Å². The molecule has 1 aromatic heterocycles. The second-order valence-corrected chi connectivity index (χ2v) is 5.63. The summed E-state index contributed by atoms with van der Waals surface area (Å²) in [6, 6.07) is 17.9. The van der Waals surface area contributed by atoms with E-state index in [9.17, 15) is 0 Å². The SMILES string of the molecule is Cc1cc(-c2ccc(Cl)cc2)c(-c2ccc(Cl)cc2)[nH]1. The highest BCUT2D eigenvalue weighted by molar-refractivity contribution is 6.31. The van der Waals surface area contributed by atoms with Gasteiger partial charge in [-0.25, -0.2) is 0 Å². The van der Waals surface area contributed by atoms with Crippen LogP contribution in [0.5, 0.6) is 0 Å². The maximum Gasteiger partial charge on any atom is 0.0535 e. The molecule has 0 saturated carbocycles.